The minimum Gasteiger partial charge on any atom is -0.493 e. The fourth-order valence-corrected chi connectivity index (χ4v) is 6.75. The van der Waals surface area contributed by atoms with Gasteiger partial charge in [-0.1, -0.05) is 12.1 Å². The van der Waals surface area contributed by atoms with E-state index in [0.717, 1.165) is 68.8 Å². The lowest BCUT2D eigenvalue weighted by atomic mass is 9.82. The van der Waals surface area contributed by atoms with Gasteiger partial charge < -0.3 is 43.4 Å². The second kappa shape index (κ2) is 28.8. The molecular weight excluding hydrogens is 773 g/mol. The summed E-state index contributed by atoms with van der Waals surface area (Å²) < 4.78 is 37.5. The van der Waals surface area contributed by atoms with Crippen molar-refractivity contribution < 1.29 is 42.7 Å². The maximum atomic E-state index is 13.0. The maximum Gasteiger partial charge on any atom is 0.306 e. The number of hydrogen-bond acceptors (Lipinski definition) is 11. The lowest BCUT2D eigenvalue weighted by Gasteiger charge is -2.34. The molecule has 0 bridgehead atoms. The molecule has 12 nitrogen and oxygen atoms in total. The van der Waals surface area contributed by atoms with E-state index in [2.05, 4.69) is 17.4 Å². The molecule has 2 aliphatic rings. The second-order valence-corrected chi connectivity index (χ2v) is 14.3. The second-order valence-electron chi connectivity index (χ2n) is 13.2. The van der Waals surface area contributed by atoms with E-state index >= 15 is 0 Å². The molecule has 2 aromatic rings. The molecule has 3 heterocycles. The van der Waals surface area contributed by atoms with Crippen LogP contribution in [0.1, 0.15) is 61.3 Å². The number of halogens is 3. The maximum absolute atomic E-state index is 13.0. The Morgan fingerprint density at radius 1 is 0.836 bits per heavy atom. The third-order valence-electron chi connectivity index (χ3n) is 9.33. The Balaban J connectivity index is 0.000000712. The zero-order valence-electron chi connectivity index (χ0n) is 32.5. The number of methoxy groups -OCH3 is 2. The third kappa shape index (κ3) is 18.5. The summed E-state index contributed by atoms with van der Waals surface area (Å²) in [7, 11) is 3.03. The van der Waals surface area contributed by atoms with Gasteiger partial charge in [0, 0.05) is 49.4 Å². The van der Waals surface area contributed by atoms with Crippen LogP contribution in [0.25, 0.3) is 0 Å². The van der Waals surface area contributed by atoms with E-state index < -0.39 is 0 Å². The normalized spacial score (nSPS) is 14.6. The minimum atomic E-state index is -0.245. The van der Waals surface area contributed by atoms with Crippen LogP contribution in [0.5, 0.6) is 11.5 Å². The quantitative estimate of drug-likeness (QED) is 0.0669. The van der Waals surface area contributed by atoms with Gasteiger partial charge >= 0.3 is 5.97 Å². The average Bonchev–Trinajstić information content (AvgIpc) is 3.22. The van der Waals surface area contributed by atoms with Crippen LogP contribution in [0, 0.1) is 5.92 Å². The molecule has 0 saturated carbocycles. The van der Waals surface area contributed by atoms with Crippen molar-refractivity contribution in [3.05, 3.63) is 47.2 Å². The van der Waals surface area contributed by atoms with Gasteiger partial charge in [0.05, 0.1) is 73.5 Å². The van der Waals surface area contributed by atoms with Gasteiger partial charge in [-0.2, -0.15) is 0 Å². The third-order valence-corrected chi connectivity index (χ3v) is 9.79. The number of alkyl halides is 3. The Kier molecular flexibility index (Phi) is 24.5. The van der Waals surface area contributed by atoms with Crippen LogP contribution in [-0.4, -0.2) is 133 Å². The van der Waals surface area contributed by atoms with Crippen LogP contribution in [0.2, 0.25) is 0 Å². The highest BCUT2D eigenvalue weighted by Gasteiger charge is 2.28. The van der Waals surface area contributed by atoms with Gasteiger partial charge in [-0.15, -0.1) is 34.8 Å². The number of likely N-dealkylation sites (tertiary alicyclic amines) is 1. The van der Waals surface area contributed by atoms with E-state index in [1.165, 1.54) is 12.7 Å². The number of nitrogens with one attached hydrogen (secondary N) is 1. The van der Waals surface area contributed by atoms with Gasteiger partial charge in [0.2, 0.25) is 5.91 Å². The van der Waals surface area contributed by atoms with Crippen LogP contribution >= 0.6 is 34.8 Å². The SMILES string of the molecule is COC(=O)CC(CC1CCN(C(=O)CCc2ccc3c(n2)NCCC3)CC1)c1ccc(OCCOCCOCCCl)c(OC)c1.ClCCOCCOCCCl. The van der Waals surface area contributed by atoms with Crippen molar-refractivity contribution >= 4 is 52.5 Å². The van der Waals surface area contributed by atoms with Crippen molar-refractivity contribution in [2.75, 3.05) is 116 Å². The standard InChI is InChI=1S/C34H48ClN3O7.C6H12Cl2O2/c1-41-31-23-27(6-9-30(31)45-21-20-44-19-18-43-17-13-35)28(24-33(40)42-2)22-25-11-15-38(16-12-25)32(39)10-8-29-7-5-26-4-3-14-36-34(26)37-29;7-1-3-9-5-6-10-4-2-8/h5-7,9,23,25,28H,3-4,8,10-22,24H2,1-2H3,(H,36,37);1-6H2. The minimum absolute atomic E-state index is 0.0346. The molecule has 0 radical (unpaired) electrons. The lowest BCUT2D eigenvalue weighted by Crippen LogP contribution is -2.39. The van der Waals surface area contributed by atoms with Crippen molar-refractivity contribution in [3.8, 4) is 11.5 Å². The molecule has 1 fully saturated rings. The fraction of sp³-hybridized carbons (Fsp3) is 0.675. The van der Waals surface area contributed by atoms with Gasteiger partial charge in [0.15, 0.2) is 11.5 Å². The summed E-state index contributed by atoms with van der Waals surface area (Å²) in [5, 5.41) is 3.37. The van der Waals surface area contributed by atoms with E-state index in [-0.39, 0.29) is 24.2 Å². The molecule has 1 aromatic carbocycles. The fourth-order valence-electron chi connectivity index (χ4n) is 6.42. The Hall–Kier alpha value is -2.58. The number of rotatable bonds is 25. The number of esters is 1. The molecule has 1 N–H and O–H groups in total. The summed E-state index contributed by atoms with van der Waals surface area (Å²) in [6.45, 7) is 7.05. The number of hydrogen-bond donors (Lipinski definition) is 1. The van der Waals surface area contributed by atoms with Crippen LogP contribution in [0.3, 0.4) is 0 Å². The molecule has 1 aromatic heterocycles. The zero-order chi connectivity index (χ0) is 39.5. The molecule has 1 saturated heterocycles. The largest absolute Gasteiger partial charge is 0.493 e. The first-order valence-electron chi connectivity index (χ1n) is 19.3. The van der Waals surface area contributed by atoms with E-state index in [4.69, 9.17) is 72.9 Å². The average molecular weight is 833 g/mol. The molecule has 1 atom stereocenters. The van der Waals surface area contributed by atoms with Crippen LogP contribution in [0.15, 0.2) is 30.3 Å². The van der Waals surface area contributed by atoms with Crippen LogP contribution in [0.4, 0.5) is 5.82 Å². The smallest absolute Gasteiger partial charge is 0.306 e. The number of amides is 1. The Labute approximate surface area is 342 Å². The highest BCUT2D eigenvalue weighted by Crippen LogP contribution is 2.37. The molecular formula is C40H60Cl3N3O9. The lowest BCUT2D eigenvalue weighted by molar-refractivity contribution is -0.141. The van der Waals surface area contributed by atoms with E-state index in [1.54, 1.807) is 7.11 Å². The number of benzene rings is 1. The molecule has 4 rings (SSSR count). The number of nitrogens with zero attached hydrogens (tertiary/aromatic N) is 2. The van der Waals surface area contributed by atoms with E-state index in [1.807, 2.05) is 23.1 Å². The molecule has 0 spiro atoms. The first-order valence-corrected chi connectivity index (χ1v) is 20.9. The van der Waals surface area contributed by atoms with Crippen molar-refractivity contribution in [2.24, 2.45) is 5.92 Å². The summed E-state index contributed by atoms with van der Waals surface area (Å²) >= 11 is 16.3. The molecule has 0 aliphatic carbocycles. The van der Waals surface area contributed by atoms with E-state index in [9.17, 15) is 9.59 Å². The summed E-state index contributed by atoms with van der Waals surface area (Å²) in [6, 6.07) is 10.0. The predicted octanol–water partition coefficient (Wildman–Crippen LogP) is 6.50. The van der Waals surface area contributed by atoms with Crippen molar-refractivity contribution in [2.45, 2.75) is 57.3 Å². The van der Waals surface area contributed by atoms with Crippen molar-refractivity contribution in [3.63, 3.8) is 0 Å². The van der Waals surface area contributed by atoms with Gasteiger partial charge in [-0.25, -0.2) is 4.98 Å². The number of aryl methyl sites for hydroxylation is 2. The summed E-state index contributed by atoms with van der Waals surface area (Å²) in [4.78, 5) is 32.1. The summed E-state index contributed by atoms with van der Waals surface area (Å²) in [6.07, 6.45) is 6.21. The first kappa shape index (κ1) is 46.8. The number of ether oxygens (including phenoxy) is 7. The number of piperidine rings is 1. The number of aromatic nitrogens is 1. The number of carbonyl (C=O) groups is 2. The first-order chi connectivity index (χ1) is 26.9. The Morgan fingerprint density at radius 3 is 2.09 bits per heavy atom. The monoisotopic (exact) mass is 831 g/mol. The summed E-state index contributed by atoms with van der Waals surface area (Å²) in [5.74, 6) is 4.03. The molecule has 1 amide bonds. The van der Waals surface area contributed by atoms with Gasteiger partial charge in [-0.05, 0) is 79.7 Å². The number of anilines is 1. The molecule has 15 heteroatoms. The van der Waals surface area contributed by atoms with Crippen LogP contribution in [-0.2, 0) is 46.1 Å². The molecule has 1 unspecified atom stereocenters. The molecule has 2 aliphatic heterocycles. The zero-order valence-corrected chi connectivity index (χ0v) is 34.8. The Bertz CT molecular complexity index is 1360. The molecule has 310 valence electrons. The topological polar surface area (TPSA) is 127 Å². The highest BCUT2D eigenvalue weighted by atomic mass is 35.5. The highest BCUT2D eigenvalue weighted by molar-refractivity contribution is 6.18. The summed E-state index contributed by atoms with van der Waals surface area (Å²) in [5.41, 5.74) is 3.22. The predicted molar refractivity (Wildman–Crippen MR) is 217 cm³/mol. The van der Waals surface area contributed by atoms with Gasteiger partial charge in [0.1, 0.15) is 12.4 Å². The van der Waals surface area contributed by atoms with Crippen molar-refractivity contribution in [1.29, 1.82) is 0 Å². The number of pyridine rings is 1. The van der Waals surface area contributed by atoms with Gasteiger partial charge in [-0.3, -0.25) is 9.59 Å². The van der Waals surface area contributed by atoms with Gasteiger partial charge in [0.25, 0.3) is 0 Å². The molecule has 55 heavy (non-hydrogen) atoms. The van der Waals surface area contributed by atoms with Crippen LogP contribution < -0.4 is 14.8 Å². The van der Waals surface area contributed by atoms with E-state index in [0.29, 0.717) is 107 Å². The number of fused-ring (bicyclic) bond motifs is 1. The van der Waals surface area contributed by atoms with Crippen molar-refractivity contribution in [1.82, 2.24) is 9.88 Å². The number of carbonyl (C=O) groups excluding carboxylic acids is 2. The Morgan fingerprint density at radius 2 is 1.47 bits per heavy atom.